The van der Waals surface area contributed by atoms with Crippen LogP contribution in [0.4, 0.5) is 13.2 Å². The largest absolute Gasteiger partial charge is 0.434 e. The number of carbonyl (C=O) groups excluding carboxylic acids is 1. The zero-order chi connectivity index (χ0) is 13.6. The van der Waals surface area contributed by atoms with E-state index in [4.69, 9.17) is 0 Å². The Kier molecular flexibility index (Phi) is 5.23. The van der Waals surface area contributed by atoms with Gasteiger partial charge in [0.1, 0.15) is 0 Å². The molecule has 0 bridgehead atoms. The van der Waals surface area contributed by atoms with Crippen molar-refractivity contribution in [1.29, 1.82) is 0 Å². The van der Waals surface area contributed by atoms with Gasteiger partial charge >= 0.3 is 6.18 Å². The molecule has 0 fully saturated rings. The van der Waals surface area contributed by atoms with Crippen molar-refractivity contribution in [2.24, 2.45) is 0 Å². The van der Waals surface area contributed by atoms with Gasteiger partial charge in [-0.05, 0) is 12.1 Å². The zero-order valence-corrected chi connectivity index (χ0v) is 10.4. The average molecular weight is 273 g/mol. The van der Waals surface area contributed by atoms with Crippen LogP contribution in [0.2, 0.25) is 0 Å². The van der Waals surface area contributed by atoms with Crippen molar-refractivity contribution in [3.63, 3.8) is 0 Å². The van der Waals surface area contributed by atoms with E-state index in [0.29, 0.717) is 12.2 Å². The molecule has 0 aliphatic rings. The summed E-state index contributed by atoms with van der Waals surface area (Å²) in [5.74, 6) is 5.52. The van der Waals surface area contributed by atoms with E-state index < -0.39 is 11.9 Å². The molecule has 0 radical (unpaired) electrons. The van der Waals surface area contributed by atoms with E-state index in [2.05, 4.69) is 16.8 Å². The molecule has 0 N–H and O–H groups in total. The van der Waals surface area contributed by atoms with E-state index in [0.717, 1.165) is 18.0 Å². The van der Waals surface area contributed by atoms with Gasteiger partial charge in [-0.25, -0.2) is 0 Å². The van der Waals surface area contributed by atoms with Crippen LogP contribution in [0.1, 0.15) is 24.6 Å². The number of hydrogen-bond donors (Lipinski definition) is 0. The molecule has 18 heavy (non-hydrogen) atoms. The number of alkyl halides is 3. The fourth-order valence-corrected chi connectivity index (χ4v) is 1.63. The molecule has 0 unspecified atom stereocenters. The highest BCUT2D eigenvalue weighted by Crippen LogP contribution is 2.29. The van der Waals surface area contributed by atoms with Crippen molar-refractivity contribution in [1.82, 2.24) is 4.98 Å². The summed E-state index contributed by atoms with van der Waals surface area (Å²) in [5.41, 5.74) is -1.12. The van der Waals surface area contributed by atoms with Gasteiger partial charge in [0.2, 0.25) is 0 Å². The maximum atomic E-state index is 12.6. The number of carbonyl (C=O) groups is 1. The van der Waals surface area contributed by atoms with E-state index in [1.807, 2.05) is 0 Å². The average Bonchev–Trinajstić information content (AvgIpc) is 2.27. The van der Waals surface area contributed by atoms with Crippen molar-refractivity contribution < 1.29 is 18.0 Å². The van der Waals surface area contributed by atoms with Crippen LogP contribution < -0.4 is 0 Å². The smallest absolute Gasteiger partial charge is 0.288 e. The minimum Gasteiger partial charge on any atom is -0.288 e. The van der Waals surface area contributed by atoms with Crippen LogP contribution in [-0.4, -0.2) is 15.9 Å². The van der Waals surface area contributed by atoms with Crippen LogP contribution in [0.15, 0.2) is 18.3 Å². The molecular formula is C12H10F3NOS. The van der Waals surface area contributed by atoms with E-state index in [-0.39, 0.29) is 10.7 Å². The van der Waals surface area contributed by atoms with Crippen molar-refractivity contribution in [3.8, 4) is 11.8 Å². The van der Waals surface area contributed by atoms with E-state index in [9.17, 15) is 18.0 Å². The molecule has 96 valence electrons. The summed E-state index contributed by atoms with van der Waals surface area (Å²) in [6.45, 7) is 1.43. The summed E-state index contributed by atoms with van der Waals surface area (Å²) in [6, 6.07) is 2.69. The van der Waals surface area contributed by atoms with Crippen LogP contribution in [0.25, 0.3) is 0 Å². The summed E-state index contributed by atoms with van der Waals surface area (Å²) in [7, 11) is 0. The first kappa shape index (κ1) is 14.6. The molecule has 1 aromatic rings. The third kappa shape index (κ3) is 4.80. The minimum atomic E-state index is -4.50. The summed E-state index contributed by atoms with van der Waals surface area (Å²) < 4.78 is 37.7. The van der Waals surface area contributed by atoms with Gasteiger partial charge in [0.05, 0.1) is 5.56 Å². The Balaban J connectivity index is 2.73. The second-order valence-corrected chi connectivity index (χ2v) is 4.56. The van der Waals surface area contributed by atoms with Crippen molar-refractivity contribution in [2.75, 3.05) is 5.75 Å². The van der Waals surface area contributed by atoms with Crippen molar-refractivity contribution >= 4 is 16.9 Å². The molecule has 0 amide bonds. The standard InChI is InChI=1S/C12H10F3NOS/c1-9(17)18-8-3-2-5-10-6-4-7-16-11(10)12(13,14)15/h4,6-7H,3,8H2,1H3. The van der Waals surface area contributed by atoms with Crippen LogP contribution >= 0.6 is 11.8 Å². The minimum absolute atomic E-state index is 0.0332. The molecule has 0 aromatic carbocycles. The first-order valence-electron chi connectivity index (χ1n) is 5.05. The van der Waals surface area contributed by atoms with Crippen molar-refractivity contribution in [2.45, 2.75) is 19.5 Å². The number of aromatic nitrogens is 1. The third-order valence-corrected chi connectivity index (χ3v) is 2.65. The van der Waals surface area contributed by atoms with Crippen LogP contribution in [0, 0.1) is 11.8 Å². The predicted molar refractivity (Wildman–Crippen MR) is 63.9 cm³/mol. The quantitative estimate of drug-likeness (QED) is 0.612. The zero-order valence-electron chi connectivity index (χ0n) is 9.54. The highest BCUT2D eigenvalue weighted by Gasteiger charge is 2.34. The monoisotopic (exact) mass is 273 g/mol. The van der Waals surface area contributed by atoms with Gasteiger partial charge in [0, 0.05) is 25.3 Å². The number of halogens is 3. The molecule has 1 heterocycles. The van der Waals surface area contributed by atoms with Crippen LogP contribution in [0.5, 0.6) is 0 Å². The number of rotatable bonds is 2. The Morgan fingerprint density at radius 2 is 2.22 bits per heavy atom. The third-order valence-electron chi connectivity index (χ3n) is 1.83. The number of hydrogen-bond acceptors (Lipinski definition) is 3. The molecule has 0 saturated heterocycles. The van der Waals surface area contributed by atoms with Gasteiger partial charge in [0.15, 0.2) is 10.8 Å². The number of thioether (sulfide) groups is 1. The number of pyridine rings is 1. The fourth-order valence-electron chi connectivity index (χ4n) is 1.14. The SMILES string of the molecule is CC(=O)SCCC#Cc1cccnc1C(F)(F)F. The van der Waals surface area contributed by atoms with Gasteiger partial charge in [0.25, 0.3) is 0 Å². The molecule has 0 spiro atoms. The second-order valence-electron chi connectivity index (χ2n) is 3.29. The maximum Gasteiger partial charge on any atom is 0.434 e. The Labute approximate surface area is 107 Å². The Morgan fingerprint density at radius 3 is 2.83 bits per heavy atom. The van der Waals surface area contributed by atoms with Gasteiger partial charge in [-0.15, -0.1) is 0 Å². The summed E-state index contributed by atoms with van der Waals surface area (Å²) in [5, 5.41) is -0.0332. The molecule has 0 aliphatic carbocycles. The van der Waals surface area contributed by atoms with Gasteiger partial charge in [-0.2, -0.15) is 13.2 Å². The fraction of sp³-hybridized carbons (Fsp3) is 0.333. The van der Waals surface area contributed by atoms with E-state index in [1.165, 1.54) is 19.1 Å². The summed E-state index contributed by atoms with van der Waals surface area (Å²) >= 11 is 1.10. The molecule has 2 nitrogen and oxygen atoms in total. The highest BCUT2D eigenvalue weighted by atomic mass is 32.2. The highest BCUT2D eigenvalue weighted by molar-refractivity contribution is 8.13. The Hall–Kier alpha value is -1.48. The van der Waals surface area contributed by atoms with E-state index in [1.54, 1.807) is 0 Å². The van der Waals surface area contributed by atoms with Gasteiger partial charge < -0.3 is 0 Å². The lowest BCUT2D eigenvalue weighted by Gasteiger charge is -2.06. The lowest BCUT2D eigenvalue weighted by Crippen LogP contribution is -2.10. The first-order valence-corrected chi connectivity index (χ1v) is 6.04. The molecule has 1 rings (SSSR count). The predicted octanol–water partition coefficient (Wildman–Crippen LogP) is 3.12. The number of nitrogens with zero attached hydrogens (tertiary/aromatic N) is 1. The van der Waals surface area contributed by atoms with Gasteiger partial charge in [-0.3, -0.25) is 9.78 Å². The lowest BCUT2D eigenvalue weighted by molar-refractivity contribution is -0.141. The second kappa shape index (κ2) is 6.45. The molecule has 6 heteroatoms. The van der Waals surface area contributed by atoms with Crippen LogP contribution in [0.3, 0.4) is 0 Å². The summed E-state index contributed by atoms with van der Waals surface area (Å²) in [6.07, 6.45) is -3.06. The molecule has 1 aromatic heterocycles. The maximum absolute atomic E-state index is 12.6. The Bertz CT molecular complexity index is 488. The molecule has 0 aliphatic heterocycles. The molecule has 0 atom stereocenters. The van der Waals surface area contributed by atoms with Crippen molar-refractivity contribution in [3.05, 3.63) is 29.6 Å². The normalized spacial score (nSPS) is 10.7. The topological polar surface area (TPSA) is 30.0 Å². The molecular weight excluding hydrogens is 263 g/mol. The molecule has 0 saturated carbocycles. The lowest BCUT2D eigenvalue weighted by atomic mass is 10.2. The first-order chi connectivity index (χ1) is 8.41. The van der Waals surface area contributed by atoms with E-state index >= 15 is 0 Å². The van der Waals surface area contributed by atoms with Gasteiger partial charge in [-0.1, -0.05) is 23.6 Å². The summed E-state index contributed by atoms with van der Waals surface area (Å²) in [4.78, 5) is 13.9. The van der Waals surface area contributed by atoms with Crippen LogP contribution in [-0.2, 0) is 11.0 Å². The Morgan fingerprint density at radius 1 is 1.50 bits per heavy atom.